The zero-order chi connectivity index (χ0) is 13.9. The second-order valence-electron chi connectivity index (χ2n) is 5.98. The normalized spacial score (nSPS) is 23.9. The predicted octanol–water partition coefficient (Wildman–Crippen LogP) is 0.601. The summed E-state index contributed by atoms with van der Waals surface area (Å²) in [6.07, 6.45) is 5.47. The highest BCUT2D eigenvalue weighted by Gasteiger charge is 2.29. The molecule has 1 aromatic heterocycles. The fourth-order valence-electron chi connectivity index (χ4n) is 3.45. The van der Waals surface area contributed by atoms with Crippen molar-refractivity contribution in [1.29, 1.82) is 0 Å². The van der Waals surface area contributed by atoms with E-state index in [2.05, 4.69) is 9.80 Å². The van der Waals surface area contributed by atoms with Crippen LogP contribution < -0.4 is 11.3 Å². The summed E-state index contributed by atoms with van der Waals surface area (Å²) >= 11 is 0. The van der Waals surface area contributed by atoms with Crippen molar-refractivity contribution < 1.29 is 0 Å². The number of piperazine rings is 1. The third-order valence-corrected chi connectivity index (χ3v) is 4.55. The number of fused-ring (bicyclic) bond motifs is 1. The van der Waals surface area contributed by atoms with Gasteiger partial charge in [0, 0.05) is 50.2 Å². The maximum atomic E-state index is 11.7. The minimum Gasteiger partial charge on any atom is -0.398 e. The summed E-state index contributed by atoms with van der Waals surface area (Å²) < 4.78 is 1.72. The van der Waals surface area contributed by atoms with Crippen LogP contribution in [-0.2, 0) is 6.54 Å². The second kappa shape index (κ2) is 5.97. The van der Waals surface area contributed by atoms with Crippen LogP contribution in [0.15, 0.2) is 23.1 Å². The van der Waals surface area contributed by atoms with E-state index in [1.165, 1.54) is 39.0 Å². The van der Waals surface area contributed by atoms with E-state index in [1.54, 1.807) is 22.9 Å². The molecule has 2 N–H and O–H groups in total. The van der Waals surface area contributed by atoms with E-state index >= 15 is 0 Å². The highest BCUT2D eigenvalue weighted by molar-refractivity contribution is 5.33. The first-order valence-corrected chi connectivity index (χ1v) is 7.65. The van der Waals surface area contributed by atoms with Gasteiger partial charge in [0.25, 0.3) is 5.56 Å². The van der Waals surface area contributed by atoms with Crippen LogP contribution in [0, 0.1) is 0 Å². The van der Waals surface area contributed by atoms with E-state index in [0.29, 0.717) is 5.69 Å². The Bertz CT molecular complexity index is 513. The summed E-state index contributed by atoms with van der Waals surface area (Å²) in [7, 11) is 0. The molecule has 5 heteroatoms. The van der Waals surface area contributed by atoms with Gasteiger partial charge in [0.2, 0.25) is 0 Å². The number of anilines is 1. The molecule has 0 aromatic carbocycles. The average molecular weight is 276 g/mol. The van der Waals surface area contributed by atoms with Crippen LogP contribution in [0.2, 0.25) is 0 Å². The highest BCUT2D eigenvalue weighted by Crippen LogP contribution is 2.21. The molecule has 2 aliphatic heterocycles. The van der Waals surface area contributed by atoms with Crippen LogP contribution in [0.25, 0.3) is 0 Å². The van der Waals surface area contributed by atoms with Gasteiger partial charge in [0.15, 0.2) is 0 Å². The molecule has 2 fully saturated rings. The largest absolute Gasteiger partial charge is 0.398 e. The van der Waals surface area contributed by atoms with E-state index in [0.717, 1.165) is 25.6 Å². The fraction of sp³-hybridized carbons (Fsp3) is 0.667. The monoisotopic (exact) mass is 276 g/mol. The van der Waals surface area contributed by atoms with Crippen molar-refractivity contribution in [1.82, 2.24) is 14.4 Å². The van der Waals surface area contributed by atoms with E-state index in [1.807, 2.05) is 0 Å². The van der Waals surface area contributed by atoms with Gasteiger partial charge in [0.05, 0.1) is 0 Å². The molecule has 110 valence electrons. The van der Waals surface area contributed by atoms with Crippen molar-refractivity contribution >= 4 is 5.69 Å². The molecule has 2 saturated heterocycles. The van der Waals surface area contributed by atoms with Crippen LogP contribution in [0.5, 0.6) is 0 Å². The Kier molecular flexibility index (Phi) is 4.08. The van der Waals surface area contributed by atoms with Gasteiger partial charge < -0.3 is 15.2 Å². The lowest BCUT2D eigenvalue weighted by Gasteiger charge is -2.37. The van der Waals surface area contributed by atoms with Crippen molar-refractivity contribution in [2.45, 2.75) is 31.8 Å². The maximum Gasteiger partial charge on any atom is 0.250 e. The molecule has 0 bridgehead atoms. The van der Waals surface area contributed by atoms with E-state index < -0.39 is 0 Å². The van der Waals surface area contributed by atoms with Crippen LogP contribution in [0.3, 0.4) is 0 Å². The minimum absolute atomic E-state index is 0.0415. The van der Waals surface area contributed by atoms with Gasteiger partial charge in [-0.25, -0.2) is 0 Å². The second-order valence-corrected chi connectivity index (χ2v) is 5.98. The maximum absolute atomic E-state index is 11.7. The fourth-order valence-corrected chi connectivity index (χ4v) is 3.45. The minimum atomic E-state index is 0.0415. The molecule has 3 rings (SSSR count). The van der Waals surface area contributed by atoms with Gasteiger partial charge >= 0.3 is 0 Å². The molecule has 20 heavy (non-hydrogen) atoms. The van der Waals surface area contributed by atoms with E-state index in [4.69, 9.17) is 5.73 Å². The lowest BCUT2D eigenvalue weighted by Crippen LogP contribution is -2.50. The van der Waals surface area contributed by atoms with Gasteiger partial charge in [-0.15, -0.1) is 0 Å². The number of aryl methyl sites for hydroxylation is 1. The summed E-state index contributed by atoms with van der Waals surface area (Å²) in [6, 6.07) is 3.99. The summed E-state index contributed by atoms with van der Waals surface area (Å²) in [4.78, 5) is 16.9. The first-order valence-electron chi connectivity index (χ1n) is 7.65. The standard InChI is InChI=1S/C15H24N4O/c16-13-4-5-15(20)19(11-13)8-2-6-17-9-10-18-7-1-3-14(18)12-17/h4-5,11,14H,1-3,6-10,12,16H2. The molecule has 1 aromatic rings. The Morgan fingerprint density at radius 2 is 2.10 bits per heavy atom. The Balaban J connectivity index is 1.48. The van der Waals surface area contributed by atoms with Crippen LogP contribution >= 0.6 is 0 Å². The van der Waals surface area contributed by atoms with Crippen molar-refractivity contribution in [2.75, 3.05) is 38.5 Å². The highest BCUT2D eigenvalue weighted by atomic mass is 16.1. The number of hydrogen-bond acceptors (Lipinski definition) is 4. The number of hydrogen-bond donors (Lipinski definition) is 1. The van der Waals surface area contributed by atoms with E-state index in [9.17, 15) is 4.79 Å². The third kappa shape index (κ3) is 3.04. The number of nitrogens with two attached hydrogens (primary N) is 1. The Labute approximate surface area is 120 Å². The smallest absolute Gasteiger partial charge is 0.250 e. The van der Waals surface area contributed by atoms with Crippen molar-refractivity contribution in [3.63, 3.8) is 0 Å². The van der Waals surface area contributed by atoms with Gasteiger partial charge in [-0.3, -0.25) is 9.69 Å². The lowest BCUT2D eigenvalue weighted by atomic mass is 10.1. The van der Waals surface area contributed by atoms with Crippen LogP contribution in [0.4, 0.5) is 5.69 Å². The zero-order valence-corrected chi connectivity index (χ0v) is 12.0. The molecule has 3 heterocycles. The van der Waals surface area contributed by atoms with E-state index in [-0.39, 0.29) is 5.56 Å². The zero-order valence-electron chi connectivity index (χ0n) is 12.0. The van der Waals surface area contributed by atoms with Crippen molar-refractivity contribution in [3.05, 3.63) is 28.7 Å². The molecule has 0 radical (unpaired) electrons. The Morgan fingerprint density at radius 3 is 3.00 bits per heavy atom. The summed E-state index contributed by atoms with van der Waals surface area (Å²) in [6.45, 7) is 6.70. The Hall–Kier alpha value is -1.33. The quantitative estimate of drug-likeness (QED) is 0.875. The average Bonchev–Trinajstić information content (AvgIpc) is 2.90. The number of pyridine rings is 1. The molecular formula is C15H24N4O. The number of rotatable bonds is 4. The molecule has 0 spiro atoms. The summed E-state index contributed by atoms with van der Waals surface area (Å²) in [5, 5.41) is 0. The predicted molar refractivity (Wildman–Crippen MR) is 80.8 cm³/mol. The Morgan fingerprint density at radius 1 is 1.20 bits per heavy atom. The van der Waals surface area contributed by atoms with Crippen molar-refractivity contribution in [3.8, 4) is 0 Å². The van der Waals surface area contributed by atoms with Crippen LogP contribution in [0.1, 0.15) is 19.3 Å². The molecule has 5 nitrogen and oxygen atoms in total. The molecular weight excluding hydrogens is 252 g/mol. The van der Waals surface area contributed by atoms with Gasteiger partial charge in [-0.05, 0) is 38.4 Å². The number of aromatic nitrogens is 1. The number of nitrogens with zero attached hydrogens (tertiary/aromatic N) is 3. The SMILES string of the molecule is Nc1ccc(=O)n(CCCN2CCN3CCCC3C2)c1. The lowest BCUT2D eigenvalue weighted by molar-refractivity contribution is 0.103. The van der Waals surface area contributed by atoms with Gasteiger partial charge in [0.1, 0.15) is 0 Å². The third-order valence-electron chi connectivity index (χ3n) is 4.55. The van der Waals surface area contributed by atoms with Gasteiger partial charge in [-0.2, -0.15) is 0 Å². The van der Waals surface area contributed by atoms with Gasteiger partial charge in [-0.1, -0.05) is 0 Å². The molecule has 0 saturated carbocycles. The molecule has 0 amide bonds. The molecule has 0 aliphatic carbocycles. The first kappa shape index (κ1) is 13.6. The number of nitrogen functional groups attached to an aromatic ring is 1. The topological polar surface area (TPSA) is 54.5 Å². The molecule has 1 unspecified atom stereocenters. The van der Waals surface area contributed by atoms with Crippen LogP contribution in [-0.4, -0.2) is 53.1 Å². The summed E-state index contributed by atoms with van der Waals surface area (Å²) in [5.41, 5.74) is 6.42. The summed E-state index contributed by atoms with van der Waals surface area (Å²) in [5.74, 6) is 0. The van der Waals surface area contributed by atoms with Crippen molar-refractivity contribution in [2.24, 2.45) is 0 Å². The molecule has 1 atom stereocenters. The molecule has 2 aliphatic rings. The first-order chi connectivity index (χ1) is 9.72.